The summed E-state index contributed by atoms with van der Waals surface area (Å²) in [4.78, 5) is 24.7. The number of carbonyl (C=O) groups is 2. The molecule has 1 saturated carbocycles. The van der Waals surface area contributed by atoms with Gasteiger partial charge in [-0.1, -0.05) is 19.8 Å². The number of ketones is 1. The summed E-state index contributed by atoms with van der Waals surface area (Å²) in [7, 11) is -3.35. The monoisotopic (exact) mass is 301 g/mol. The van der Waals surface area contributed by atoms with E-state index in [4.69, 9.17) is 0 Å². The van der Waals surface area contributed by atoms with Gasteiger partial charge in [0, 0.05) is 25.9 Å². The first-order valence-electron chi connectivity index (χ1n) is 7.39. The SMILES string of the molecule is CC1CCCC(S(=O)(=O)CC(=O)N2CCC(=O)CC2)C1. The molecule has 2 rings (SSSR count). The van der Waals surface area contributed by atoms with Gasteiger partial charge in [-0.2, -0.15) is 0 Å². The Balaban J connectivity index is 1.93. The van der Waals surface area contributed by atoms with Crippen LogP contribution in [0.3, 0.4) is 0 Å². The lowest BCUT2D eigenvalue weighted by molar-refractivity contribution is -0.132. The standard InChI is InChI=1S/C14H23NO4S/c1-11-3-2-4-13(9-11)20(18,19)10-14(17)15-7-5-12(16)6-8-15/h11,13H,2-10H2,1H3. The molecule has 1 aliphatic heterocycles. The highest BCUT2D eigenvalue weighted by atomic mass is 32.2. The molecule has 5 nitrogen and oxygen atoms in total. The Hall–Kier alpha value is -0.910. The molecule has 2 unspecified atom stereocenters. The quantitative estimate of drug-likeness (QED) is 0.784. The molecule has 1 aliphatic carbocycles. The van der Waals surface area contributed by atoms with Crippen LogP contribution in [0.1, 0.15) is 45.4 Å². The van der Waals surface area contributed by atoms with Crippen LogP contribution in [0.5, 0.6) is 0 Å². The third-order valence-electron chi connectivity index (χ3n) is 4.39. The summed E-state index contributed by atoms with van der Waals surface area (Å²) in [5.74, 6) is -0.154. The van der Waals surface area contributed by atoms with E-state index in [9.17, 15) is 18.0 Å². The number of rotatable bonds is 3. The molecular weight excluding hydrogens is 278 g/mol. The van der Waals surface area contributed by atoms with Crippen molar-refractivity contribution >= 4 is 21.5 Å². The number of sulfone groups is 1. The van der Waals surface area contributed by atoms with Crippen molar-refractivity contribution in [2.75, 3.05) is 18.8 Å². The molecule has 0 aromatic rings. The maximum Gasteiger partial charge on any atom is 0.237 e. The van der Waals surface area contributed by atoms with Gasteiger partial charge < -0.3 is 4.90 Å². The Kier molecular flexibility index (Phi) is 4.83. The van der Waals surface area contributed by atoms with E-state index in [0.29, 0.717) is 44.7 Å². The molecule has 0 N–H and O–H groups in total. The van der Waals surface area contributed by atoms with Crippen molar-refractivity contribution in [3.63, 3.8) is 0 Å². The van der Waals surface area contributed by atoms with E-state index in [0.717, 1.165) is 12.8 Å². The largest absolute Gasteiger partial charge is 0.341 e. The maximum absolute atomic E-state index is 12.3. The van der Waals surface area contributed by atoms with E-state index in [-0.39, 0.29) is 16.9 Å². The highest BCUT2D eigenvalue weighted by molar-refractivity contribution is 7.92. The molecular formula is C14H23NO4S. The van der Waals surface area contributed by atoms with E-state index in [1.54, 1.807) is 0 Å². The number of hydrogen-bond acceptors (Lipinski definition) is 4. The molecule has 0 radical (unpaired) electrons. The highest BCUT2D eigenvalue weighted by Crippen LogP contribution is 2.28. The van der Waals surface area contributed by atoms with Crippen molar-refractivity contribution in [2.24, 2.45) is 5.92 Å². The minimum atomic E-state index is -3.35. The predicted octanol–water partition coefficient (Wildman–Crippen LogP) is 1.17. The van der Waals surface area contributed by atoms with Crippen LogP contribution in [-0.2, 0) is 19.4 Å². The Bertz CT molecular complexity index is 475. The molecule has 0 aromatic heterocycles. The van der Waals surface area contributed by atoms with Crippen molar-refractivity contribution in [1.29, 1.82) is 0 Å². The zero-order chi connectivity index (χ0) is 14.8. The minimum Gasteiger partial charge on any atom is -0.341 e. The number of amides is 1. The van der Waals surface area contributed by atoms with Crippen molar-refractivity contribution in [2.45, 2.75) is 50.7 Å². The predicted molar refractivity (Wildman–Crippen MR) is 76.0 cm³/mol. The number of carbonyl (C=O) groups excluding carboxylic acids is 2. The second-order valence-corrected chi connectivity index (χ2v) is 8.40. The molecule has 2 fully saturated rings. The molecule has 0 bridgehead atoms. The van der Waals surface area contributed by atoms with Gasteiger partial charge in [0.05, 0.1) is 5.25 Å². The molecule has 1 heterocycles. The van der Waals surface area contributed by atoms with Gasteiger partial charge in [0.15, 0.2) is 9.84 Å². The first-order valence-corrected chi connectivity index (χ1v) is 9.11. The summed E-state index contributed by atoms with van der Waals surface area (Å²) < 4.78 is 24.7. The maximum atomic E-state index is 12.3. The lowest BCUT2D eigenvalue weighted by atomic mass is 9.91. The molecule has 6 heteroatoms. The fraction of sp³-hybridized carbons (Fsp3) is 0.857. The van der Waals surface area contributed by atoms with Crippen LogP contribution >= 0.6 is 0 Å². The Morgan fingerprint density at radius 2 is 1.90 bits per heavy atom. The molecule has 2 aliphatic rings. The first-order chi connectivity index (χ1) is 9.38. The van der Waals surface area contributed by atoms with Crippen molar-refractivity contribution in [1.82, 2.24) is 4.90 Å². The van der Waals surface area contributed by atoms with Gasteiger partial charge >= 0.3 is 0 Å². The molecule has 20 heavy (non-hydrogen) atoms. The molecule has 114 valence electrons. The topological polar surface area (TPSA) is 71.5 Å². The molecule has 2 atom stereocenters. The van der Waals surface area contributed by atoms with Gasteiger partial charge in [-0.05, 0) is 18.8 Å². The van der Waals surface area contributed by atoms with E-state index >= 15 is 0 Å². The Morgan fingerprint density at radius 3 is 2.50 bits per heavy atom. The van der Waals surface area contributed by atoms with E-state index in [2.05, 4.69) is 6.92 Å². The number of nitrogens with zero attached hydrogens (tertiary/aromatic N) is 1. The molecule has 0 aromatic carbocycles. The second kappa shape index (κ2) is 6.24. The number of piperidine rings is 1. The van der Waals surface area contributed by atoms with Crippen LogP contribution < -0.4 is 0 Å². The third kappa shape index (κ3) is 3.81. The molecule has 1 amide bonds. The van der Waals surface area contributed by atoms with E-state index in [1.807, 2.05) is 0 Å². The van der Waals surface area contributed by atoms with Gasteiger partial charge in [0.1, 0.15) is 11.5 Å². The highest BCUT2D eigenvalue weighted by Gasteiger charge is 2.33. The van der Waals surface area contributed by atoms with Crippen molar-refractivity contribution in [3.05, 3.63) is 0 Å². The first kappa shape index (κ1) is 15.5. The average molecular weight is 301 g/mol. The Labute approximate surface area is 120 Å². The van der Waals surface area contributed by atoms with Crippen LogP contribution in [0, 0.1) is 5.92 Å². The van der Waals surface area contributed by atoms with E-state index < -0.39 is 15.6 Å². The zero-order valence-electron chi connectivity index (χ0n) is 12.0. The number of likely N-dealkylation sites (tertiary alicyclic amines) is 1. The van der Waals surface area contributed by atoms with Crippen molar-refractivity contribution < 1.29 is 18.0 Å². The van der Waals surface area contributed by atoms with Gasteiger partial charge in [-0.3, -0.25) is 9.59 Å². The van der Waals surface area contributed by atoms with Crippen LogP contribution in [0.15, 0.2) is 0 Å². The lowest BCUT2D eigenvalue weighted by Gasteiger charge is -2.29. The van der Waals surface area contributed by atoms with Gasteiger partial charge in [0.25, 0.3) is 0 Å². The fourth-order valence-corrected chi connectivity index (χ4v) is 5.00. The number of hydrogen-bond donors (Lipinski definition) is 0. The number of Topliss-reactive ketones (excluding diaryl/α,β-unsaturated/α-hetero) is 1. The van der Waals surface area contributed by atoms with Crippen LogP contribution in [0.25, 0.3) is 0 Å². The van der Waals surface area contributed by atoms with Crippen LogP contribution in [-0.4, -0.2) is 49.1 Å². The fourth-order valence-electron chi connectivity index (χ4n) is 3.09. The van der Waals surface area contributed by atoms with Crippen molar-refractivity contribution in [3.8, 4) is 0 Å². The van der Waals surface area contributed by atoms with E-state index in [1.165, 1.54) is 4.90 Å². The van der Waals surface area contributed by atoms with Crippen LogP contribution in [0.2, 0.25) is 0 Å². The second-order valence-electron chi connectivity index (χ2n) is 6.12. The third-order valence-corrected chi connectivity index (χ3v) is 6.49. The smallest absolute Gasteiger partial charge is 0.237 e. The zero-order valence-corrected chi connectivity index (χ0v) is 12.8. The molecule has 1 saturated heterocycles. The summed E-state index contributed by atoms with van der Waals surface area (Å²) in [5.41, 5.74) is 0. The minimum absolute atomic E-state index is 0.151. The normalized spacial score (nSPS) is 28.4. The lowest BCUT2D eigenvalue weighted by Crippen LogP contribution is -2.43. The summed E-state index contributed by atoms with van der Waals surface area (Å²) in [6, 6.07) is 0. The Morgan fingerprint density at radius 1 is 1.25 bits per heavy atom. The van der Waals surface area contributed by atoms with Crippen LogP contribution in [0.4, 0.5) is 0 Å². The summed E-state index contributed by atoms with van der Waals surface area (Å²) >= 11 is 0. The van der Waals surface area contributed by atoms with Gasteiger partial charge in [-0.15, -0.1) is 0 Å². The summed E-state index contributed by atoms with van der Waals surface area (Å²) in [6.07, 6.45) is 4.07. The summed E-state index contributed by atoms with van der Waals surface area (Å²) in [5, 5.41) is -0.360. The average Bonchev–Trinajstić information content (AvgIpc) is 2.39. The summed E-state index contributed by atoms with van der Waals surface area (Å²) in [6.45, 7) is 2.81. The van der Waals surface area contributed by atoms with Gasteiger partial charge in [0.2, 0.25) is 5.91 Å². The van der Waals surface area contributed by atoms with Gasteiger partial charge in [-0.25, -0.2) is 8.42 Å². The molecule has 0 spiro atoms.